The molecule has 1 unspecified atom stereocenters. The van der Waals surface area contributed by atoms with E-state index in [1.54, 1.807) is 0 Å². The minimum Gasteiger partial charge on any atom is -0.481 e. The van der Waals surface area contributed by atoms with Crippen LogP contribution in [-0.2, 0) is 14.3 Å². The number of hydrogen-bond donors (Lipinski definition) is 3. The van der Waals surface area contributed by atoms with Crippen LogP contribution in [0, 0.1) is 11.8 Å². The van der Waals surface area contributed by atoms with Crippen molar-refractivity contribution in [2.45, 2.75) is 57.4 Å². The molecule has 0 bridgehead atoms. The molecule has 0 aromatic heterocycles. The van der Waals surface area contributed by atoms with Gasteiger partial charge in [-0.05, 0) is 41.0 Å². The Morgan fingerprint density at radius 1 is 0.971 bits per heavy atom. The van der Waals surface area contributed by atoms with Gasteiger partial charge >= 0.3 is 12.1 Å². The predicted octanol–water partition coefficient (Wildman–Crippen LogP) is 4.70. The molecular formula is C28H34N2O5. The summed E-state index contributed by atoms with van der Waals surface area (Å²) in [7, 11) is 0. The maximum absolute atomic E-state index is 13.2. The van der Waals surface area contributed by atoms with Crippen molar-refractivity contribution in [1.82, 2.24) is 10.6 Å². The number of rotatable bonds is 8. The van der Waals surface area contributed by atoms with E-state index in [4.69, 9.17) is 4.74 Å². The quantitative estimate of drug-likeness (QED) is 0.510. The number of carbonyl (C=O) groups excluding carboxylic acids is 2. The Balaban J connectivity index is 1.43. The summed E-state index contributed by atoms with van der Waals surface area (Å²) in [4.78, 5) is 37.7. The summed E-state index contributed by atoms with van der Waals surface area (Å²) in [5.41, 5.74) is 3.47. The predicted molar refractivity (Wildman–Crippen MR) is 133 cm³/mol. The maximum atomic E-state index is 13.2. The number of ether oxygens (including phenoxy) is 1. The lowest BCUT2D eigenvalue weighted by Gasteiger charge is -2.36. The fourth-order valence-corrected chi connectivity index (χ4v) is 5.37. The van der Waals surface area contributed by atoms with E-state index < -0.39 is 23.5 Å². The first-order valence-electron chi connectivity index (χ1n) is 12.5. The van der Waals surface area contributed by atoms with Crippen molar-refractivity contribution in [1.29, 1.82) is 0 Å². The summed E-state index contributed by atoms with van der Waals surface area (Å²) in [6.45, 7) is 3.83. The first-order chi connectivity index (χ1) is 16.8. The summed E-state index contributed by atoms with van der Waals surface area (Å²) in [6, 6.07) is 16.3. The number of alkyl carbamates (subject to hydrolysis) is 1. The first kappa shape index (κ1) is 24.8. The number of amides is 2. The molecule has 0 aliphatic heterocycles. The number of carboxylic acids is 1. The average molecular weight is 479 g/mol. The molecule has 2 aromatic rings. The summed E-state index contributed by atoms with van der Waals surface area (Å²) in [6.07, 6.45) is 2.99. The Morgan fingerprint density at radius 3 is 2.09 bits per heavy atom. The lowest BCUT2D eigenvalue weighted by Crippen LogP contribution is -2.60. The second-order valence-electron chi connectivity index (χ2n) is 9.99. The van der Waals surface area contributed by atoms with E-state index in [0.29, 0.717) is 12.8 Å². The van der Waals surface area contributed by atoms with Gasteiger partial charge in [0, 0.05) is 12.5 Å². The zero-order valence-corrected chi connectivity index (χ0v) is 20.4. The molecule has 35 heavy (non-hydrogen) atoms. The molecule has 186 valence electrons. The van der Waals surface area contributed by atoms with Crippen LogP contribution in [0.5, 0.6) is 0 Å². The van der Waals surface area contributed by atoms with Crippen molar-refractivity contribution in [2.75, 3.05) is 13.2 Å². The molecular weight excluding hydrogens is 444 g/mol. The summed E-state index contributed by atoms with van der Waals surface area (Å²) in [5, 5.41) is 15.1. The molecule has 1 atom stereocenters. The van der Waals surface area contributed by atoms with Gasteiger partial charge in [-0.1, -0.05) is 81.6 Å². The van der Waals surface area contributed by atoms with Gasteiger partial charge in [-0.3, -0.25) is 9.59 Å². The highest BCUT2D eigenvalue weighted by Crippen LogP contribution is 2.44. The molecule has 0 saturated heterocycles. The van der Waals surface area contributed by atoms with Gasteiger partial charge in [-0.15, -0.1) is 0 Å². The average Bonchev–Trinajstić information content (AvgIpc) is 3.16. The van der Waals surface area contributed by atoms with Crippen LogP contribution in [0.15, 0.2) is 48.5 Å². The van der Waals surface area contributed by atoms with Crippen molar-refractivity contribution in [3.05, 3.63) is 59.7 Å². The van der Waals surface area contributed by atoms with E-state index in [-0.39, 0.29) is 30.9 Å². The minimum atomic E-state index is -1.08. The first-order valence-corrected chi connectivity index (χ1v) is 12.5. The highest BCUT2D eigenvalue weighted by Gasteiger charge is 2.42. The van der Waals surface area contributed by atoms with Crippen LogP contribution in [0.25, 0.3) is 11.1 Å². The van der Waals surface area contributed by atoms with Gasteiger partial charge in [0.05, 0.1) is 5.92 Å². The molecule has 7 heteroatoms. The van der Waals surface area contributed by atoms with Crippen LogP contribution < -0.4 is 10.6 Å². The van der Waals surface area contributed by atoms with Crippen LogP contribution in [0.2, 0.25) is 0 Å². The standard InChI is InChI=1S/C28H34N2O5/c1-18(2)23(25(31)32)16-29-26(33)28(14-8-3-9-15-28)30-27(34)35-17-24-21-12-6-4-10-19(21)20-11-5-7-13-22(20)24/h4-7,10-13,18,23-24H,3,8-9,14-17H2,1-2H3,(H,29,33)(H,30,34)(H,31,32). The molecule has 7 nitrogen and oxygen atoms in total. The molecule has 0 radical (unpaired) electrons. The fraction of sp³-hybridized carbons (Fsp3) is 0.464. The van der Waals surface area contributed by atoms with Gasteiger partial charge in [0.15, 0.2) is 0 Å². The molecule has 0 heterocycles. The van der Waals surface area contributed by atoms with Crippen molar-refractivity contribution in [2.24, 2.45) is 11.8 Å². The van der Waals surface area contributed by atoms with E-state index in [2.05, 4.69) is 34.9 Å². The van der Waals surface area contributed by atoms with E-state index in [9.17, 15) is 19.5 Å². The van der Waals surface area contributed by atoms with Gasteiger partial charge in [0.1, 0.15) is 12.1 Å². The van der Waals surface area contributed by atoms with Crippen molar-refractivity contribution in [3.63, 3.8) is 0 Å². The Bertz CT molecular complexity index is 1040. The normalized spacial score (nSPS) is 17.2. The summed E-state index contributed by atoms with van der Waals surface area (Å²) < 4.78 is 5.70. The number of hydrogen-bond acceptors (Lipinski definition) is 4. The number of carbonyl (C=O) groups is 3. The molecule has 3 N–H and O–H groups in total. The number of carboxylic acid groups (broad SMARTS) is 1. The Morgan fingerprint density at radius 2 is 1.54 bits per heavy atom. The Hall–Kier alpha value is -3.35. The molecule has 0 spiro atoms. The van der Waals surface area contributed by atoms with Crippen LogP contribution in [0.4, 0.5) is 4.79 Å². The molecule has 2 aromatic carbocycles. The van der Waals surface area contributed by atoms with Crippen molar-refractivity contribution < 1.29 is 24.2 Å². The van der Waals surface area contributed by atoms with E-state index >= 15 is 0 Å². The van der Waals surface area contributed by atoms with E-state index in [0.717, 1.165) is 41.5 Å². The second-order valence-corrected chi connectivity index (χ2v) is 9.99. The SMILES string of the molecule is CC(C)C(CNC(=O)C1(NC(=O)OCC2c3ccccc3-c3ccccc32)CCCCC1)C(=O)O. The van der Waals surface area contributed by atoms with E-state index in [1.165, 1.54) is 0 Å². The molecule has 4 rings (SSSR count). The maximum Gasteiger partial charge on any atom is 0.408 e. The molecule has 2 aliphatic rings. The minimum absolute atomic E-state index is 0.0277. The summed E-state index contributed by atoms with van der Waals surface area (Å²) >= 11 is 0. The van der Waals surface area contributed by atoms with Gasteiger partial charge in [0.2, 0.25) is 5.91 Å². The fourth-order valence-electron chi connectivity index (χ4n) is 5.37. The van der Waals surface area contributed by atoms with Gasteiger partial charge in [-0.25, -0.2) is 4.79 Å². The highest BCUT2D eigenvalue weighted by atomic mass is 16.5. The number of benzene rings is 2. The zero-order valence-electron chi connectivity index (χ0n) is 20.4. The molecule has 2 amide bonds. The molecule has 1 saturated carbocycles. The Labute approximate surface area is 206 Å². The zero-order chi connectivity index (χ0) is 25.0. The van der Waals surface area contributed by atoms with E-state index in [1.807, 2.05) is 38.1 Å². The smallest absolute Gasteiger partial charge is 0.408 e. The third kappa shape index (κ3) is 5.19. The molecule has 2 aliphatic carbocycles. The van der Waals surface area contributed by atoms with Crippen LogP contribution in [-0.4, -0.2) is 41.8 Å². The topological polar surface area (TPSA) is 105 Å². The van der Waals surface area contributed by atoms with Crippen LogP contribution in [0.3, 0.4) is 0 Å². The van der Waals surface area contributed by atoms with Crippen molar-refractivity contribution in [3.8, 4) is 11.1 Å². The van der Waals surface area contributed by atoms with Crippen LogP contribution in [0.1, 0.15) is 63.0 Å². The number of nitrogens with one attached hydrogen (secondary N) is 2. The van der Waals surface area contributed by atoms with Gasteiger partial charge in [0.25, 0.3) is 0 Å². The highest BCUT2D eigenvalue weighted by molar-refractivity contribution is 5.90. The third-order valence-electron chi connectivity index (χ3n) is 7.43. The number of fused-ring (bicyclic) bond motifs is 3. The van der Waals surface area contributed by atoms with Gasteiger partial charge < -0.3 is 20.5 Å². The Kier molecular flexibility index (Phi) is 7.43. The second kappa shape index (κ2) is 10.5. The third-order valence-corrected chi connectivity index (χ3v) is 7.43. The van der Waals surface area contributed by atoms with Gasteiger partial charge in [-0.2, -0.15) is 0 Å². The summed E-state index contributed by atoms with van der Waals surface area (Å²) in [5.74, 6) is -2.15. The van der Waals surface area contributed by atoms with Crippen molar-refractivity contribution >= 4 is 18.0 Å². The van der Waals surface area contributed by atoms with Crippen LogP contribution >= 0.6 is 0 Å². The molecule has 1 fully saturated rings. The number of aliphatic carboxylic acids is 1. The lowest BCUT2D eigenvalue weighted by atomic mass is 9.80. The monoisotopic (exact) mass is 478 g/mol. The lowest BCUT2D eigenvalue weighted by molar-refractivity contribution is -0.143. The largest absolute Gasteiger partial charge is 0.481 e.